The molecule has 6 heteroatoms. The Morgan fingerprint density at radius 2 is 2.04 bits per heavy atom. The Balaban J connectivity index is 1.54. The predicted molar refractivity (Wildman–Crippen MR) is 92.7 cm³/mol. The van der Waals surface area contributed by atoms with Gasteiger partial charge in [-0.25, -0.2) is 0 Å². The third kappa shape index (κ3) is 4.48. The number of aromatic nitrogens is 1. The van der Waals surface area contributed by atoms with Crippen molar-refractivity contribution in [1.82, 2.24) is 10.3 Å². The number of hydrogen-bond donors (Lipinski definition) is 2. The number of fused-ring (bicyclic) bond motifs is 1. The molecule has 2 N–H and O–H groups in total. The molecule has 1 aromatic carbocycles. The Bertz CT molecular complexity index is 748. The van der Waals surface area contributed by atoms with Crippen LogP contribution in [0.4, 0.5) is 0 Å². The number of aryl methyl sites for hydroxylation is 1. The molecule has 3 rings (SSSR count). The maximum atomic E-state index is 12.1. The number of carbonyl (C=O) groups excluding carboxylic acids is 1. The lowest BCUT2D eigenvalue weighted by atomic mass is 10.1. The maximum absolute atomic E-state index is 12.1. The zero-order chi connectivity index (χ0) is 17.6. The second-order valence-electron chi connectivity index (χ2n) is 5.98. The number of aliphatic hydroxyl groups excluding tert-OH is 1. The third-order valence-corrected chi connectivity index (χ3v) is 3.96. The summed E-state index contributed by atoms with van der Waals surface area (Å²) in [4.78, 5) is 16.3. The van der Waals surface area contributed by atoms with Crippen molar-refractivity contribution in [2.24, 2.45) is 0 Å². The number of hydrogen-bond acceptors (Lipinski definition) is 5. The van der Waals surface area contributed by atoms with Crippen LogP contribution in [0.1, 0.15) is 29.5 Å². The van der Waals surface area contributed by atoms with Crippen LogP contribution >= 0.6 is 0 Å². The van der Waals surface area contributed by atoms with E-state index in [0.717, 1.165) is 29.2 Å². The van der Waals surface area contributed by atoms with E-state index in [2.05, 4.69) is 10.3 Å². The molecule has 0 spiro atoms. The quantitative estimate of drug-likeness (QED) is 0.868. The van der Waals surface area contributed by atoms with E-state index in [0.29, 0.717) is 31.9 Å². The average molecular weight is 342 g/mol. The minimum absolute atomic E-state index is 0.355. The van der Waals surface area contributed by atoms with E-state index in [4.69, 9.17) is 9.47 Å². The Hall–Kier alpha value is -2.60. The summed E-state index contributed by atoms with van der Waals surface area (Å²) >= 11 is 0. The topological polar surface area (TPSA) is 80.7 Å². The minimum atomic E-state index is -1.26. The normalized spacial score (nSPS) is 14.5. The highest BCUT2D eigenvalue weighted by Crippen LogP contribution is 2.30. The zero-order valence-electron chi connectivity index (χ0n) is 14.2. The van der Waals surface area contributed by atoms with Crippen LogP contribution in [0.2, 0.25) is 0 Å². The first kappa shape index (κ1) is 17.2. The first-order valence-corrected chi connectivity index (χ1v) is 8.41. The molecule has 1 amide bonds. The van der Waals surface area contributed by atoms with E-state index in [1.165, 1.54) is 0 Å². The first-order valence-electron chi connectivity index (χ1n) is 8.41. The van der Waals surface area contributed by atoms with Crippen LogP contribution in [-0.4, -0.2) is 35.8 Å². The number of pyridine rings is 1. The van der Waals surface area contributed by atoms with Gasteiger partial charge in [-0.15, -0.1) is 0 Å². The summed E-state index contributed by atoms with van der Waals surface area (Å²) in [5.41, 5.74) is 2.15. The Morgan fingerprint density at radius 3 is 2.84 bits per heavy atom. The van der Waals surface area contributed by atoms with E-state index < -0.39 is 12.0 Å². The van der Waals surface area contributed by atoms with Crippen molar-refractivity contribution in [2.75, 3.05) is 19.8 Å². The fourth-order valence-corrected chi connectivity index (χ4v) is 2.64. The molecule has 0 fully saturated rings. The number of nitrogens with zero attached hydrogens (tertiary/aromatic N) is 1. The van der Waals surface area contributed by atoms with Crippen LogP contribution in [-0.2, 0) is 11.2 Å². The molecule has 0 aliphatic carbocycles. The zero-order valence-corrected chi connectivity index (χ0v) is 14.2. The highest BCUT2D eigenvalue weighted by Gasteiger charge is 2.18. The van der Waals surface area contributed by atoms with Crippen molar-refractivity contribution < 1.29 is 19.4 Å². The average Bonchev–Trinajstić information content (AvgIpc) is 2.86. The fraction of sp³-hybridized carbons (Fsp3) is 0.368. The lowest BCUT2D eigenvalue weighted by molar-refractivity contribution is -0.129. The number of aliphatic hydroxyl groups is 1. The molecule has 1 aliphatic heterocycles. The van der Waals surface area contributed by atoms with Gasteiger partial charge in [-0.05, 0) is 43.2 Å². The van der Waals surface area contributed by atoms with Crippen molar-refractivity contribution in [3.63, 3.8) is 0 Å². The van der Waals surface area contributed by atoms with Crippen LogP contribution in [0.25, 0.3) is 0 Å². The van der Waals surface area contributed by atoms with E-state index in [1.807, 2.05) is 31.2 Å². The van der Waals surface area contributed by atoms with E-state index in [9.17, 15) is 9.90 Å². The molecule has 2 heterocycles. The molecule has 25 heavy (non-hydrogen) atoms. The van der Waals surface area contributed by atoms with Crippen LogP contribution in [0, 0.1) is 6.92 Å². The highest BCUT2D eigenvalue weighted by molar-refractivity contribution is 5.81. The number of amides is 1. The Kier molecular flexibility index (Phi) is 5.50. The van der Waals surface area contributed by atoms with Gasteiger partial charge in [0.15, 0.2) is 17.6 Å². The van der Waals surface area contributed by atoms with Gasteiger partial charge in [-0.1, -0.05) is 12.1 Å². The van der Waals surface area contributed by atoms with Gasteiger partial charge in [0.25, 0.3) is 5.91 Å². The van der Waals surface area contributed by atoms with E-state index in [-0.39, 0.29) is 0 Å². The standard InChI is InChI=1S/C19H22N2O4/c1-13-4-2-5-15(21-13)18(22)19(23)20-9-8-14-6-7-16-17(12-14)25-11-3-10-24-16/h2,4-7,12,18,22H,3,8-11H2,1H3,(H,20,23). The summed E-state index contributed by atoms with van der Waals surface area (Å²) in [6, 6.07) is 11.0. The lowest BCUT2D eigenvalue weighted by Gasteiger charge is -2.12. The maximum Gasteiger partial charge on any atom is 0.255 e. The molecule has 1 atom stereocenters. The molecule has 2 aromatic rings. The number of rotatable bonds is 5. The smallest absolute Gasteiger partial charge is 0.255 e. The molecule has 6 nitrogen and oxygen atoms in total. The van der Waals surface area contributed by atoms with E-state index >= 15 is 0 Å². The Labute approximate surface area is 146 Å². The van der Waals surface area contributed by atoms with Gasteiger partial charge < -0.3 is 19.9 Å². The number of nitrogens with one attached hydrogen (secondary N) is 1. The van der Waals surface area contributed by atoms with Crippen molar-refractivity contribution in [3.8, 4) is 11.5 Å². The second kappa shape index (κ2) is 7.98. The van der Waals surface area contributed by atoms with Gasteiger partial charge in [-0.2, -0.15) is 0 Å². The predicted octanol–water partition coefficient (Wildman–Crippen LogP) is 1.94. The van der Waals surface area contributed by atoms with Crippen LogP contribution in [0.3, 0.4) is 0 Å². The molecule has 1 aliphatic rings. The summed E-state index contributed by atoms with van der Waals surface area (Å²) in [6.45, 7) is 3.54. The lowest BCUT2D eigenvalue weighted by Crippen LogP contribution is -2.31. The summed E-state index contributed by atoms with van der Waals surface area (Å²) < 4.78 is 11.3. The molecule has 1 unspecified atom stereocenters. The molecule has 0 saturated carbocycles. The largest absolute Gasteiger partial charge is 0.490 e. The second-order valence-corrected chi connectivity index (χ2v) is 5.98. The molecular weight excluding hydrogens is 320 g/mol. The van der Waals surface area contributed by atoms with Gasteiger partial charge in [0.05, 0.1) is 18.9 Å². The van der Waals surface area contributed by atoms with Gasteiger partial charge in [0.1, 0.15) is 0 Å². The molecule has 1 aromatic heterocycles. The summed E-state index contributed by atoms with van der Waals surface area (Å²) in [5.74, 6) is 1.05. The SMILES string of the molecule is Cc1cccc(C(O)C(=O)NCCc2ccc3c(c2)OCCCO3)n1. The van der Waals surface area contributed by atoms with Crippen molar-refractivity contribution in [3.05, 3.63) is 53.3 Å². The van der Waals surface area contributed by atoms with Crippen LogP contribution in [0.5, 0.6) is 11.5 Å². The summed E-state index contributed by atoms with van der Waals surface area (Å²) in [5, 5.41) is 12.8. The van der Waals surface area contributed by atoms with Crippen molar-refractivity contribution in [2.45, 2.75) is 25.9 Å². The van der Waals surface area contributed by atoms with Crippen molar-refractivity contribution in [1.29, 1.82) is 0 Å². The molecule has 0 radical (unpaired) electrons. The molecular formula is C19H22N2O4. The van der Waals surface area contributed by atoms with Crippen LogP contribution < -0.4 is 14.8 Å². The fourth-order valence-electron chi connectivity index (χ4n) is 2.64. The number of ether oxygens (including phenoxy) is 2. The van der Waals surface area contributed by atoms with Crippen LogP contribution in [0.15, 0.2) is 36.4 Å². The molecule has 0 bridgehead atoms. The van der Waals surface area contributed by atoms with Gasteiger partial charge in [0, 0.05) is 18.7 Å². The van der Waals surface area contributed by atoms with E-state index in [1.54, 1.807) is 12.1 Å². The highest BCUT2D eigenvalue weighted by atomic mass is 16.5. The van der Waals surface area contributed by atoms with Gasteiger partial charge >= 0.3 is 0 Å². The minimum Gasteiger partial charge on any atom is -0.490 e. The first-order chi connectivity index (χ1) is 12.1. The van der Waals surface area contributed by atoms with Gasteiger partial charge in [-0.3, -0.25) is 9.78 Å². The Morgan fingerprint density at radius 1 is 1.24 bits per heavy atom. The number of benzene rings is 1. The van der Waals surface area contributed by atoms with Crippen molar-refractivity contribution >= 4 is 5.91 Å². The molecule has 0 saturated heterocycles. The van der Waals surface area contributed by atoms with Gasteiger partial charge in [0.2, 0.25) is 0 Å². The number of carbonyl (C=O) groups is 1. The third-order valence-electron chi connectivity index (χ3n) is 3.96. The monoisotopic (exact) mass is 342 g/mol. The summed E-state index contributed by atoms with van der Waals surface area (Å²) in [6.07, 6.45) is 0.241. The molecule has 132 valence electrons. The summed E-state index contributed by atoms with van der Waals surface area (Å²) in [7, 11) is 0.